The van der Waals surface area contributed by atoms with Gasteiger partial charge >= 0.3 is 0 Å². The number of para-hydroxylation sites is 2. The largest absolute Gasteiger partial charge is 0.481 e. The molecule has 0 saturated heterocycles. The molecule has 0 heterocycles. The summed E-state index contributed by atoms with van der Waals surface area (Å²) < 4.78 is 12.2. The number of carbonyl (C=O) groups excluding carboxylic acids is 2. The molecule has 0 aliphatic rings. The van der Waals surface area contributed by atoms with Crippen LogP contribution in [0.4, 0.5) is 0 Å². The second-order valence-electron chi connectivity index (χ2n) is 10.5. The van der Waals surface area contributed by atoms with Crippen LogP contribution in [0.3, 0.4) is 0 Å². The summed E-state index contributed by atoms with van der Waals surface area (Å²) in [6.07, 6.45) is -1.40. The fourth-order valence-electron chi connectivity index (χ4n) is 4.76. The molecule has 0 saturated carbocycles. The van der Waals surface area contributed by atoms with Crippen molar-refractivity contribution in [3.63, 3.8) is 0 Å². The van der Waals surface area contributed by atoms with E-state index < -0.39 is 12.2 Å². The molecule has 2 atom stereocenters. The molecule has 0 fully saturated rings. The Labute approximate surface area is 249 Å². The summed E-state index contributed by atoms with van der Waals surface area (Å²) >= 11 is 0. The smallest absolute Gasteiger partial charge is 0.263 e. The quantitative estimate of drug-likeness (QED) is 0.184. The predicted octanol–water partition coefficient (Wildman–Crippen LogP) is 6.60. The van der Waals surface area contributed by atoms with Gasteiger partial charge in [-0.2, -0.15) is 0 Å². The SMILES string of the molecule is Cc1ccccc1OC(C)C(=O)N(CCN(Cc1ccccc1)C(=O)C(C)Oc1ccccc1C)Cc1ccccc1. The molecule has 6 heteroatoms. The normalized spacial score (nSPS) is 12.2. The van der Waals surface area contributed by atoms with Crippen LogP contribution in [0.5, 0.6) is 11.5 Å². The molecule has 0 aliphatic carbocycles. The summed E-state index contributed by atoms with van der Waals surface area (Å²) in [6, 6.07) is 35.1. The molecule has 4 aromatic carbocycles. The Hall–Kier alpha value is -4.58. The minimum Gasteiger partial charge on any atom is -0.481 e. The zero-order valence-electron chi connectivity index (χ0n) is 24.9. The number of rotatable bonds is 13. The number of nitrogens with zero attached hydrogens (tertiary/aromatic N) is 2. The van der Waals surface area contributed by atoms with Gasteiger partial charge in [0, 0.05) is 26.2 Å². The number of benzene rings is 4. The van der Waals surface area contributed by atoms with Gasteiger partial charge < -0.3 is 19.3 Å². The fourth-order valence-corrected chi connectivity index (χ4v) is 4.76. The van der Waals surface area contributed by atoms with Gasteiger partial charge in [-0.1, -0.05) is 97.1 Å². The van der Waals surface area contributed by atoms with E-state index in [2.05, 4.69) is 0 Å². The molecule has 0 spiro atoms. The highest BCUT2D eigenvalue weighted by Gasteiger charge is 2.27. The maximum Gasteiger partial charge on any atom is 0.263 e. The lowest BCUT2D eigenvalue weighted by Gasteiger charge is -2.31. The second kappa shape index (κ2) is 14.9. The molecular formula is C36H40N2O4. The molecule has 2 amide bonds. The van der Waals surface area contributed by atoms with Gasteiger partial charge in [-0.05, 0) is 62.1 Å². The first-order chi connectivity index (χ1) is 20.3. The molecule has 6 nitrogen and oxygen atoms in total. The zero-order valence-corrected chi connectivity index (χ0v) is 24.9. The highest BCUT2D eigenvalue weighted by molar-refractivity contribution is 5.82. The number of amides is 2. The van der Waals surface area contributed by atoms with Crippen molar-refractivity contribution >= 4 is 11.8 Å². The average molecular weight is 565 g/mol. The van der Waals surface area contributed by atoms with Gasteiger partial charge in [-0.15, -0.1) is 0 Å². The first-order valence-corrected chi connectivity index (χ1v) is 14.4. The molecule has 0 aliphatic heterocycles. The minimum atomic E-state index is -0.698. The van der Waals surface area contributed by atoms with Crippen LogP contribution in [0.25, 0.3) is 0 Å². The highest BCUT2D eigenvalue weighted by atomic mass is 16.5. The first kappa shape index (κ1) is 30.4. The van der Waals surface area contributed by atoms with E-state index in [-0.39, 0.29) is 11.8 Å². The highest BCUT2D eigenvalue weighted by Crippen LogP contribution is 2.21. The van der Waals surface area contributed by atoms with Crippen molar-refractivity contribution in [2.45, 2.75) is 53.0 Å². The van der Waals surface area contributed by atoms with Crippen molar-refractivity contribution in [2.24, 2.45) is 0 Å². The minimum absolute atomic E-state index is 0.140. The lowest BCUT2D eigenvalue weighted by atomic mass is 10.1. The van der Waals surface area contributed by atoms with Crippen LogP contribution < -0.4 is 9.47 Å². The Morgan fingerprint density at radius 3 is 1.24 bits per heavy atom. The summed E-state index contributed by atoms with van der Waals surface area (Å²) in [5.41, 5.74) is 3.94. The molecule has 218 valence electrons. The number of hydrogen-bond donors (Lipinski definition) is 0. The summed E-state index contributed by atoms with van der Waals surface area (Å²) in [7, 11) is 0. The molecule has 4 aromatic rings. The van der Waals surface area contributed by atoms with Gasteiger partial charge in [0.05, 0.1) is 0 Å². The van der Waals surface area contributed by atoms with E-state index in [0.29, 0.717) is 37.7 Å². The number of hydrogen-bond acceptors (Lipinski definition) is 4. The first-order valence-electron chi connectivity index (χ1n) is 14.4. The fraction of sp³-hybridized carbons (Fsp3) is 0.278. The van der Waals surface area contributed by atoms with Crippen molar-refractivity contribution in [3.05, 3.63) is 131 Å². The average Bonchev–Trinajstić information content (AvgIpc) is 3.01. The van der Waals surface area contributed by atoms with E-state index in [1.54, 1.807) is 23.6 Å². The van der Waals surface area contributed by atoms with E-state index in [9.17, 15) is 9.59 Å². The van der Waals surface area contributed by atoms with Crippen LogP contribution in [0.2, 0.25) is 0 Å². The van der Waals surface area contributed by atoms with Gasteiger partial charge in [0.1, 0.15) is 11.5 Å². The monoisotopic (exact) mass is 564 g/mol. The Morgan fingerprint density at radius 1 is 0.548 bits per heavy atom. The van der Waals surface area contributed by atoms with E-state index in [0.717, 1.165) is 22.3 Å². The second-order valence-corrected chi connectivity index (χ2v) is 10.5. The Morgan fingerprint density at radius 2 is 0.881 bits per heavy atom. The van der Waals surface area contributed by atoms with Gasteiger partial charge in [0.15, 0.2) is 12.2 Å². The van der Waals surface area contributed by atoms with Crippen LogP contribution in [-0.4, -0.2) is 46.9 Å². The molecule has 2 unspecified atom stereocenters. The standard InChI is InChI=1S/C36H40N2O4/c1-27-15-11-13-21-33(27)41-29(3)35(39)37(25-31-17-7-5-8-18-31)23-24-38(26-32-19-9-6-10-20-32)36(40)30(4)42-34-22-14-12-16-28(34)2/h5-22,29-30H,23-26H2,1-4H3. The van der Waals surface area contributed by atoms with E-state index >= 15 is 0 Å². The van der Waals surface area contributed by atoms with Gasteiger partial charge in [0.2, 0.25) is 0 Å². The topological polar surface area (TPSA) is 59.1 Å². The van der Waals surface area contributed by atoms with E-state index in [4.69, 9.17) is 9.47 Å². The maximum absolute atomic E-state index is 13.8. The third-order valence-electron chi connectivity index (χ3n) is 7.19. The van der Waals surface area contributed by atoms with Gasteiger partial charge in [-0.25, -0.2) is 0 Å². The van der Waals surface area contributed by atoms with Crippen LogP contribution in [0.15, 0.2) is 109 Å². The molecule has 42 heavy (non-hydrogen) atoms. The molecule has 0 aromatic heterocycles. The van der Waals surface area contributed by atoms with Crippen LogP contribution in [0.1, 0.15) is 36.1 Å². The van der Waals surface area contributed by atoms with Crippen LogP contribution in [-0.2, 0) is 22.7 Å². The summed E-state index contributed by atoms with van der Waals surface area (Å²) in [5, 5.41) is 0. The summed E-state index contributed by atoms with van der Waals surface area (Å²) in [6.45, 7) is 8.96. The Kier molecular flexibility index (Phi) is 10.8. The van der Waals surface area contributed by atoms with Crippen molar-refractivity contribution in [1.29, 1.82) is 0 Å². The van der Waals surface area contributed by atoms with Crippen LogP contribution in [0, 0.1) is 13.8 Å². The maximum atomic E-state index is 13.8. The number of aryl methyl sites for hydroxylation is 2. The lowest BCUT2D eigenvalue weighted by Crippen LogP contribution is -2.47. The van der Waals surface area contributed by atoms with Gasteiger partial charge in [0.25, 0.3) is 11.8 Å². The molecule has 0 bridgehead atoms. The van der Waals surface area contributed by atoms with Crippen molar-refractivity contribution in [3.8, 4) is 11.5 Å². The Balaban J connectivity index is 1.53. The molecule has 0 radical (unpaired) electrons. The molecule has 0 N–H and O–H groups in total. The zero-order chi connectivity index (χ0) is 29.9. The predicted molar refractivity (Wildman–Crippen MR) is 166 cm³/mol. The van der Waals surface area contributed by atoms with Crippen molar-refractivity contribution in [2.75, 3.05) is 13.1 Å². The molecular weight excluding hydrogens is 524 g/mol. The van der Waals surface area contributed by atoms with Gasteiger partial charge in [-0.3, -0.25) is 9.59 Å². The number of ether oxygens (including phenoxy) is 2. The Bertz CT molecular complexity index is 1330. The third kappa shape index (κ3) is 8.46. The van der Waals surface area contributed by atoms with Crippen LogP contribution >= 0.6 is 0 Å². The molecule has 4 rings (SSSR count). The lowest BCUT2D eigenvalue weighted by molar-refractivity contribution is -0.142. The van der Waals surface area contributed by atoms with E-state index in [1.807, 2.05) is 123 Å². The summed E-state index contributed by atoms with van der Waals surface area (Å²) in [5.74, 6) is 1.08. The van der Waals surface area contributed by atoms with Crippen molar-refractivity contribution in [1.82, 2.24) is 9.80 Å². The third-order valence-corrected chi connectivity index (χ3v) is 7.19. The number of carbonyl (C=O) groups is 2. The summed E-state index contributed by atoms with van der Waals surface area (Å²) in [4.78, 5) is 31.1. The van der Waals surface area contributed by atoms with Crippen molar-refractivity contribution < 1.29 is 19.1 Å². The van der Waals surface area contributed by atoms with E-state index in [1.165, 1.54) is 0 Å².